The first kappa shape index (κ1) is 10.3. The van der Waals surface area contributed by atoms with Crippen molar-refractivity contribution in [2.45, 2.75) is 32.3 Å². The van der Waals surface area contributed by atoms with Gasteiger partial charge in [-0.05, 0) is 25.2 Å². The van der Waals surface area contributed by atoms with Crippen molar-refractivity contribution >= 4 is 5.97 Å². The maximum atomic E-state index is 10.3. The summed E-state index contributed by atoms with van der Waals surface area (Å²) in [7, 11) is 0. The molecule has 1 saturated carbocycles. The van der Waals surface area contributed by atoms with Gasteiger partial charge in [-0.2, -0.15) is 0 Å². The Kier molecular flexibility index (Phi) is 3.48. The zero-order valence-electron chi connectivity index (χ0n) is 7.95. The van der Waals surface area contributed by atoms with E-state index in [1.54, 1.807) is 0 Å². The van der Waals surface area contributed by atoms with E-state index in [2.05, 4.69) is 13.5 Å². The molecule has 3 heteroatoms. The van der Waals surface area contributed by atoms with Crippen molar-refractivity contribution in [3.63, 3.8) is 0 Å². The molecule has 0 aromatic heterocycles. The maximum Gasteiger partial charge on any atom is 0.329 e. The minimum absolute atomic E-state index is 0.0987. The molecule has 0 heterocycles. The van der Waals surface area contributed by atoms with Gasteiger partial charge in [0.2, 0.25) is 0 Å². The van der Waals surface area contributed by atoms with Crippen LogP contribution in [0.3, 0.4) is 0 Å². The minimum atomic E-state index is -0.892. The van der Waals surface area contributed by atoms with Crippen LogP contribution in [0, 0.1) is 5.92 Å². The second-order valence-corrected chi connectivity index (χ2v) is 3.71. The summed E-state index contributed by atoms with van der Waals surface area (Å²) < 4.78 is 5.26. The topological polar surface area (TPSA) is 46.5 Å². The van der Waals surface area contributed by atoms with Gasteiger partial charge in [-0.15, -0.1) is 0 Å². The van der Waals surface area contributed by atoms with Gasteiger partial charge in [0.1, 0.15) is 6.61 Å². The predicted octanol–water partition coefficient (Wildman–Crippen LogP) is 1.83. The van der Waals surface area contributed by atoms with Gasteiger partial charge < -0.3 is 9.84 Å². The van der Waals surface area contributed by atoms with Crippen LogP contribution in [0.2, 0.25) is 0 Å². The molecule has 3 nitrogen and oxygen atoms in total. The Balaban J connectivity index is 2.33. The van der Waals surface area contributed by atoms with Gasteiger partial charge in [0.15, 0.2) is 0 Å². The van der Waals surface area contributed by atoms with E-state index < -0.39 is 5.97 Å². The van der Waals surface area contributed by atoms with Crippen molar-refractivity contribution in [1.29, 1.82) is 0 Å². The van der Waals surface area contributed by atoms with Crippen molar-refractivity contribution in [1.82, 2.24) is 0 Å². The first-order chi connectivity index (χ1) is 6.09. The molecule has 2 unspecified atom stereocenters. The lowest BCUT2D eigenvalue weighted by molar-refractivity contribution is -0.145. The zero-order valence-corrected chi connectivity index (χ0v) is 7.95. The van der Waals surface area contributed by atoms with Crippen LogP contribution in [-0.2, 0) is 9.53 Å². The van der Waals surface area contributed by atoms with Crippen molar-refractivity contribution in [3.05, 3.63) is 12.2 Å². The highest BCUT2D eigenvalue weighted by atomic mass is 16.5. The summed E-state index contributed by atoms with van der Waals surface area (Å²) >= 11 is 0. The zero-order chi connectivity index (χ0) is 9.84. The fourth-order valence-corrected chi connectivity index (χ4v) is 1.75. The average molecular weight is 184 g/mol. The van der Waals surface area contributed by atoms with Crippen molar-refractivity contribution in [2.75, 3.05) is 6.61 Å². The molecular formula is C10H16O3. The molecule has 2 atom stereocenters. The summed E-state index contributed by atoms with van der Waals surface area (Å²) in [6.45, 7) is 5.82. The lowest BCUT2D eigenvalue weighted by Crippen LogP contribution is -2.28. The summed E-state index contributed by atoms with van der Waals surface area (Å²) in [4.78, 5) is 10.3. The molecule has 0 amide bonds. The van der Waals surface area contributed by atoms with E-state index in [1.165, 1.54) is 5.57 Å². The predicted molar refractivity (Wildman–Crippen MR) is 49.5 cm³/mol. The van der Waals surface area contributed by atoms with Gasteiger partial charge in [0.05, 0.1) is 6.10 Å². The molecule has 74 valence electrons. The van der Waals surface area contributed by atoms with Gasteiger partial charge in [-0.1, -0.05) is 19.1 Å². The number of carbonyl (C=O) groups is 1. The largest absolute Gasteiger partial charge is 0.480 e. The fraction of sp³-hybridized carbons (Fsp3) is 0.700. The molecule has 13 heavy (non-hydrogen) atoms. The van der Waals surface area contributed by atoms with Crippen LogP contribution in [-0.4, -0.2) is 23.8 Å². The first-order valence-electron chi connectivity index (χ1n) is 4.59. The van der Waals surface area contributed by atoms with E-state index in [1.807, 2.05) is 0 Å². The highest BCUT2D eigenvalue weighted by Crippen LogP contribution is 2.29. The number of aliphatic carboxylic acids is 1. The third kappa shape index (κ3) is 3.19. The minimum Gasteiger partial charge on any atom is -0.480 e. The van der Waals surface area contributed by atoms with E-state index >= 15 is 0 Å². The third-order valence-corrected chi connectivity index (χ3v) is 2.45. The summed E-state index contributed by atoms with van der Waals surface area (Å²) in [5.41, 5.74) is 1.25. The number of ether oxygens (including phenoxy) is 1. The van der Waals surface area contributed by atoms with Crippen molar-refractivity contribution in [2.24, 2.45) is 5.92 Å². The molecule has 1 aliphatic rings. The smallest absolute Gasteiger partial charge is 0.329 e. The lowest BCUT2D eigenvalue weighted by Gasteiger charge is -2.29. The SMILES string of the molecule is C=C1CCC(OCC(=O)O)C(C)C1. The average Bonchev–Trinajstić information content (AvgIpc) is 2.02. The van der Waals surface area contributed by atoms with Gasteiger partial charge in [0.25, 0.3) is 0 Å². The van der Waals surface area contributed by atoms with Gasteiger partial charge in [-0.25, -0.2) is 4.79 Å². The second-order valence-electron chi connectivity index (χ2n) is 3.71. The van der Waals surface area contributed by atoms with Crippen LogP contribution < -0.4 is 0 Å². The third-order valence-electron chi connectivity index (χ3n) is 2.45. The van der Waals surface area contributed by atoms with E-state index in [0.29, 0.717) is 5.92 Å². The van der Waals surface area contributed by atoms with E-state index in [-0.39, 0.29) is 12.7 Å². The van der Waals surface area contributed by atoms with Crippen LogP contribution >= 0.6 is 0 Å². The van der Waals surface area contributed by atoms with Crippen LogP contribution in [0.25, 0.3) is 0 Å². The van der Waals surface area contributed by atoms with Crippen molar-refractivity contribution in [3.8, 4) is 0 Å². The number of allylic oxidation sites excluding steroid dienone is 1. The number of hydrogen-bond donors (Lipinski definition) is 1. The number of carboxylic acids is 1. The van der Waals surface area contributed by atoms with Crippen molar-refractivity contribution < 1.29 is 14.6 Å². The summed E-state index contributed by atoms with van der Waals surface area (Å²) in [5.74, 6) is -0.489. The quantitative estimate of drug-likeness (QED) is 0.681. The Morgan fingerprint density at radius 3 is 3.00 bits per heavy atom. The fourth-order valence-electron chi connectivity index (χ4n) is 1.75. The van der Waals surface area contributed by atoms with E-state index in [0.717, 1.165) is 19.3 Å². The molecule has 0 radical (unpaired) electrons. The Morgan fingerprint density at radius 2 is 2.46 bits per heavy atom. The summed E-state index contributed by atoms with van der Waals surface area (Å²) in [6, 6.07) is 0. The van der Waals surface area contributed by atoms with Gasteiger partial charge in [-0.3, -0.25) is 0 Å². The Hall–Kier alpha value is -0.830. The molecule has 0 bridgehead atoms. The highest BCUT2D eigenvalue weighted by Gasteiger charge is 2.24. The molecule has 1 rings (SSSR count). The second kappa shape index (κ2) is 4.42. The van der Waals surface area contributed by atoms with Crippen LogP contribution in [0.1, 0.15) is 26.2 Å². The van der Waals surface area contributed by atoms with Crippen LogP contribution in [0.5, 0.6) is 0 Å². The molecule has 1 N–H and O–H groups in total. The summed E-state index contributed by atoms with van der Waals surface area (Å²) in [6.07, 6.45) is 2.94. The molecule has 0 spiro atoms. The standard InChI is InChI=1S/C10H16O3/c1-7-3-4-9(8(2)5-7)13-6-10(11)12/h8-9H,1,3-6H2,2H3,(H,11,12). The number of carboxylic acid groups (broad SMARTS) is 1. The molecule has 0 aromatic carbocycles. The maximum absolute atomic E-state index is 10.3. The normalized spacial score (nSPS) is 28.8. The van der Waals surface area contributed by atoms with Gasteiger partial charge in [0, 0.05) is 0 Å². The highest BCUT2D eigenvalue weighted by molar-refractivity contribution is 5.68. The Morgan fingerprint density at radius 1 is 1.77 bits per heavy atom. The lowest BCUT2D eigenvalue weighted by atomic mass is 9.85. The Bertz CT molecular complexity index is 210. The molecule has 0 aromatic rings. The van der Waals surface area contributed by atoms with Crippen LogP contribution in [0.15, 0.2) is 12.2 Å². The molecular weight excluding hydrogens is 168 g/mol. The Labute approximate surface area is 78.4 Å². The molecule has 1 aliphatic carbocycles. The number of rotatable bonds is 3. The molecule has 0 saturated heterocycles. The first-order valence-corrected chi connectivity index (χ1v) is 4.59. The summed E-state index contributed by atoms with van der Waals surface area (Å²) in [5, 5.41) is 8.44. The number of hydrogen-bond acceptors (Lipinski definition) is 2. The molecule has 0 aliphatic heterocycles. The van der Waals surface area contributed by atoms with E-state index in [4.69, 9.17) is 9.84 Å². The van der Waals surface area contributed by atoms with E-state index in [9.17, 15) is 4.79 Å². The molecule has 1 fully saturated rings. The monoisotopic (exact) mass is 184 g/mol. The van der Waals surface area contributed by atoms with Crippen LogP contribution in [0.4, 0.5) is 0 Å². The van der Waals surface area contributed by atoms with Gasteiger partial charge >= 0.3 is 5.97 Å².